The smallest absolute Gasteiger partial charge is 0.408 e. The molecule has 2 amide bonds. The van der Waals surface area contributed by atoms with Crippen molar-refractivity contribution in [1.82, 2.24) is 10.6 Å². The second-order valence-corrected chi connectivity index (χ2v) is 5.55. The third-order valence-corrected chi connectivity index (χ3v) is 3.22. The second kappa shape index (κ2) is 11.4. The van der Waals surface area contributed by atoms with Crippen LogP contribution in [0.4, 0.5) is 4.79 Å². The molecule has 3 N–H and O–H groups in total. The number of carbonyl (C=O) groups is 2. The highest BCUT2D eigenvalue weighted by atomic mass is 16.5. The summed E-state index contributed by atoms with van der Waals surface area (Å²) in [6.07, 6.45) is -0.635. The van der Waals surface area contributed by atoms with Crippen LogP contribution in [-0.4, -0.2) is 49.5 Å². The van der Waals surface area contributed by atoms with Gasteiger partial charge in [-0.2, -0.15) is 0 Å². The fraction of sp³-hybridized carbons (Fsp3) is 0.529. The van der Waals surface area contributed by atoms with E-state index in [0.717, 1.165) is 5.56 Å². The third kappa shape index (κ3) is 7.94. The zero-order valence-corrected chi connectivity index (χ0v) is 14.2. The van der Waals surface area contributed by atoms with Crippen molar-refractivity contribution in [1.29, 1.82) is 0 Å². The van der Waals surface area contributed by atoms with Crippen LogP contribution in [0.15, 0.2) is 30.3 Å². The largest absolute Gasteiger partial charge is 0.445 e. The van der Waals surface area contributed by atoms with Crippen molar-refractivity contribution in [2.24, 2.45) is 5.92 Å². The zero-order valence-electron chi connectivity index (χ0n) is 14.2. The van der Waals surface area contributed by atoms with E-state index in [-0.39, 0.29) is 31.6 Å². The van der Waals surface area contributed by atoms with Crippen molar-refractivity contribution >= 4 is 12.0 Å². The molecule has 0 heterocycles. The number of hydrogen-bond donors (Lipinski definition) is 3. The van der Waals surface area contributed by atoms with Gasteiger partial charge in [-0.25, -0.2) is 4.79 Å². The molecule has 7 nitrogen and oxygen atoms in total. The molecule has 1 aromatic carbocycles. The number of benzene rings is 1. The number of nitrogens with one attached hydrogen (secondary N) is 2. The molecule has 134 valence electrons. The number of rotatable bonds is 10. The standard InChI is InChI=1S/C17H26N2O5/c1-13(2)15(16(21)18-8-10-23-11-9-20)19-17(22)24-12-14-6-4-3-5-7-14/h3-7,13,15,20H,8-12H2,1-2H3,(H,18,21)(H,19,22)/t15-/m0/s1. The number of hydrogen-bond acceptors (Lipinski definition) is 5. The van der Waals surface area contributed by atoms with Gasteiger partial charge in [-0.05, 0) is 11.5 Å². The van der Waals surface area contributed by atoms with Crippen LogP contribution in [0.25, 0.3) is 0 Å². The second-order valence-electron chi connectivity index (χ2n) is 5.55. The average Bonchev–Trinajstić information content (AvgIpc) is 2.58. The highest BCUT2D eigenvalue weighted by Crippen LogP contribution is 2.04. The van der Waals surface area contributed by atoms with Gasteiger partial charge in [-0.1, -0.05) is 44.2 Å². The average molecular weight is 338 g/mol. The Kier molecular flexibility index (Phi) is 9.48. The Balaban J connectivity index is 2.38. The number of amides is 2. The minimum Gasteiger partial charge on any atom is -0.445 e. The molecule has 0 bridgehead atoms. The van der Waals surface area contributed by atoms with Crippen LogP contribution in [0.3, 0.4) is 0 Å². The quantitative estimate of drug-likeness (QED) is 0.554. The zero-order chi connectivity index (χ0) is 17.8. The van der Waals surface area contributed by atoms with Crippen LogP contribution >= 0.6 is 0 Å². The summed E-state index contributed by atoms with van der Waals surface area (Å²) in [5.74, 6) is -0.387. The van der Waals surface area contributed by atoms with E-state index >= 15 is 0 Å². The van der Waals surface area contributed by atoms with Crippen molar-refractivity contribution in [3.63, 3.8) is 0 Å². The first-order chi connectivity index (χ1) is 11.5. The SMILES string of the molecule is CC(C)[C@H](NC(=O)OCc1ccccc1)C(=O)NCCOCCO. The number of aliphatic hydroxyl groups excluding tert-OH is 1. The fourth-order valence-electron chi connectivity index (χ4n) is 1.95. The van der Waals surface area contributed by atoms with E-state index in [1.807, 2.05) is 44.2 Å². The minimum atomic E-state index is -0.689. The lowest BCUT2D eigenvalue weighted by molar-refractivity contribution is -0.124. The molecular weight excluding hydrogens is 312 g/mol. The van der Waals surface area contributed by atoms with Gasteiger partial charge in [0.1, 0.15) is 12.6 Å². The van der Waals surface area contributed by atoms with Crippen LogP contribution in [0.2, 0.25) is 0 Å². The van der Waals surface area contributed by atoms with Gasteiger partial charge in [-0.3, -0.25) is 4.79 Å². The summed E-state index contributed by atoms with van der Waals surface area (Å²) in [6.45, 7) is 4.60. The van der Waals surface area contributed by atoms with E-state index in [1.54, 1.807) is 0 Å². The molecule has 7 heteroatoms. The Morgan fingerprint density at radius 1 is 1.17 bits per heavy atom. The topological polar surface area (TPSA) is 96.9 Å². The summed E-state index contributed by atoms with van der Waals surface area (Å²) in [6, 6.07) is 8.62. The summed E-state index contributed by atoms with van der Waals surface area (Å²) < 4.78 is 10.2. The van der Waals surface area contributed by atoms with Gasteiger partial charge in [-0.15, -0.1) is 0 Å². The van der Waals surface area contributed by atoms with Gasteiger partial charge in [0.05, 0.1) is 19.8 Å². The van der Waals surface area contributed by atoms with E-state index in [2.05, 4.69) is 10.6 Å². The Hall–Kier alpha value is -2.12. The molecule has 0 saturated heterocycles. The minimum absolute atomic E-state index is 0.0582. The maximum Gasteiger partial charge on any atom is 0.408 e. The first-order valence-corrected chi connectivity index (χ1v) is 7.98. The Bertz CT molecular complexity index is 493. The Morgan fingerprint density at radius 3 is 2.50 bits per heavy atom. The molecule has 1 aromatic rings. The molecule has 1 rings (SSSR count). The maximum atomic E-state index is 12.1. The Labute approximate surface area is 142 Å². The lowest BCUT2D eigenvalue weighted by atomic mass is 10.0. The highest BCUT2D eigenvalue weighted by molar-refractivity contribution is 5.85. The van der Waals surface area contributed by atoms with Crippen LogP contribution in [0.5, 0.6) is 0 Å². The summed E-state index contributed by atoms with van der Waals surface area (Å²) in [5, 5.41) is 13.9. The number of aliphatic hydroxyl groups is 1. The fourth-order valence-corrected chi connectivity index (χ4v) is 1.95. The van der Waals surface area contributed by atoms with E-state index in [0.29, 0.717) is 13.2 Å². The van der Waals surface area contributed by atoms with E-state index in [1.165, 1.54) is 0 Å². The van der Waals surface area contributed by atoms with Crippen LogP contribution in [-0.2, 0) is 20.9 Å². The Morgan fingerprint density at radius 2 is 1.88 bits per heavy atom. The van der Waals surface area contributed by atoms with Gasteiger partial charge < -0.3 is 25.2 Å². The lowest BCUT2D eigenvalue weighted by Crippen LogP contribution is -2.50. The van der Waals surface area contributed by atoms with Crippen LogP contribution in [0.1, 0.15) is 19.4 Å². The molecule has 24 heavy (non-hydrogen) atoms. The summed E-state index contributed by atoms with van der Waals surface area (Å²) in [5.41, 5.74) is 0.874. The molecule has 0 aliphatic carbocycles. The van der Waals surface area contributed by atoms with Crippen molar-refractivity contribution in [2.75, 3.05) is 26.4 Å². The summed E-state index contributed by atoms with van der Waals surface area (Å²) in [4.78, 5) is 24.0. The van der Waals surface area contributed by atoms with Crippen LogP contribution < -0.4 is 10.6 Å². The van der Waals surface area contributed by atoms with Crippen molar-refractivity contribution in [3.8, 4) is 0 Å². The highest BCUT2D eigenvalue weighted by Gasteiger charge is 2.24. The molecule has 0 fully saturated rings. The summed E-state index contributed by atoms with van der Waals surface area (Å²) in [7, 11) is 0. The van der Waals surface area contributed by atoms with E-state index in [9.17, 15) is 9.59 Å². The maximum absolute atomic E-state index is 12.1. The molecule has 0 aliphatic heterocycles. The van der Waals surface area contributed by atoms with E-state index < -0.39 is 12.1 Å². The van der Waals surface area contributed by atoms with Crippen molar-refractivity contribution in [2.45, 2.75) is 26.5 Å². The number of alkyl carbamates (subject to hydrolysis) is 1. The lowest BCUT2D eigenvalue weighted by Gasteiger charge is -2.21. The predicted octanol–water partition coefficient (Wildman–Crippen LogP) is 1.06. The molecule has 0 aliphatic rings. The molecule has 0 unspecified atom stereocenters. The van der Waals surface area contributed by atoms with Gasteiger partial charge >= 0.3 is 6.09 Å². The van der Waals surface area contributed by atoms with Crippen molar-refractivity contribution < 1.29 is 24.2 Å². The monoisotopic (exact) mass is 338 g/mol. The first kappa shape index (κ1) is 19.9. The molecular formula is C17H26N2O5. The number of carbonyl (C=O) groups excluding carboxylic acids is 2. The van der Waals surface area contributed by atoms with Gasteiger partial charge in [0.2, 0.25) is 5.91 Å². The van der Waals surface area contributed by atoms with Crippen molar-refractivity contribution in [3.05, 3.63) is 35.9 Å². The summed E-state index contributed by atoms with van der Waals surface area (Å²) >= 11 is 0. The molecule has 0 spiro atoms. The predicted molar refractivity (Wildman–Crippen MR) is 89.3 cm³/mol. The van der Waals surface area contributed by atoms with Crippen LogP contribution in [0, 0.1) is 5.92 Å². The van der Waals surface area contributed by atoms with Gasteiger partial charge in [0.15, 0.2) is 0 Å². The normalized spacial score (nSPS) is 11.8. The number of ether oxygens (including phenoxy) is 2. The molecule has 0 radical (unpaired) electrons. The van der Waals surface area contributed by atoms with E-state index in [4.69, 9.17) is 14.6 Å². The van der Waals surface area contributed by atoms with Gasteiger partial charge in [0.25, 0.3) is 0 Å². The molecule has 0 saturated carbocycles. The molecule has 0 aromatic heterocycles. The molecule has 1 atom stereocenters. The van der Waals surface area contributed by atoms with Gasteiger partial charge in [0, 0.05) is 6.54 Å². The first-order valence-electron chi connectivity index (χ1n) is 7.98. The third-order valence-electron chi connectivity index (χ3n) is 3.22.